The van der Waals surface area contributed by atoms with Crippen molar-refractivity contribution in [2.45, 2.75) is 32.1 Å². The number of methoxy groups -OCH3 is 1. The van der Waals surface area contributed by atoms with Crippen molar-refractivity contribution in [2.24, 2.45) is 10.7 Å². The van der Waals surface area contributed by atoms with Gasteiger partial charge in [-0.3, -0.25) is 9.79 Å². The molecule has 0 aliphatic heterocycles. The van der Waals surface area contributed by atoms with E-state index >= 15 is 0 Å². The molecular weight excluding hydrogens is 328 g/mol. The molecule has 128 valence electrons. The van der Waals surface area contributed by atoms with Crippen LogP contribution >= 0.6 is 11.8 Å². The van der Waals surface area contributed by atoms with E-state index in [1.807, 2.05) is 20.8 Å². The molecular formula is C16H20N4O3S. The van der Waals surface area contributed by atoms with Gasteiger partial charge < -0.3 is 15.5 Å². The molecule has 24 heavy (non-hydrogen) atoms. The first-order valence-electron chi connectivity index (χ1n) is 7.29. The number of carbonyl (C=O) groups excluding carboxylic acids is 1. The Bertz CT molecular complexity index is 853. The summed E-state index contributed by atoms with van der Waals surface area (Å²) in [4.78, 5) is 35.2. The number of esters is 1. The van der Waals surface area contributed by atoms with Crippen molar-refractivity contribution in [1.29, 1.82) is 0 Å². The van der Waals surface area contributed by atoms with Gasteiger partial charge in [0.25, 0.3) is 5.56 Å². The van der Waals surface area contributed by atoms with Crippen LogP contribution in [-0.4, -0.2) is 33.8 Å². The molecule has 0 saturated heterocycles. The summed E-state index contributed by atoms with van der Waals surface area (Å²) < 4.78 is 4.68. The van der Waals surface area contributed by atoms with Crippen molar-refractivity contribution in [3.05, 3.63) is 39.9 Å². The van der Waals surface area contributed by atoms with Gasteiger partial charge in [0, 0.05) is 0 Å². The second-order valence-corrected chi connectivity index (χ2v) is 7.14. The van der Waals surface area contributed by atoms with E-state index < -0.39 is 5.97 Å². The molecule has 0 fully saturated rings. The van der Waals surface area contributed by atoms with E-state index in [1.54, 1.807) is 6.07 Å². The summed E-state index contributed by atoms with van der Waals surface area (Å²) in [5.41, 5.74) is 6.12. The van der Waals surface area contributed by atoms with Crippen molar-refractivity contribution >= 4 is 33.8 Å². The Morgan fingerprint density at radius 3 is 2.75 bits per heavy atom. The third kappa shape index (κ3) is 4.58. The summed E-state index contributed by atoms with van der Waals surface area (Å²) in [6.45, 7) is 5.85. The fourth-order valence-electron chi connectivity index (χ4n) is 2.01. The van der Waals surface area contributed by atoms with Crippen molar-refractivity contribution in [3.8, 4) is 0 Å². The van der Waals surface area contributed by atoms with E-state index in [2.05, 4.69) is 19.7 Å². The fourth-order valence-corrected chi connectivity index (χ4v) is 2.77. The lowest BCUT2D eigenvalue weighted by molar-refractivity contribution is 0.0601. The van der Waals surface area contributed by atoms with Crippen LogP contribution in [0.5, 0.6) is 0 Å². The molecule has 1 heterocycles. The Labute approximate surface area is 143 Å². The number of carbonyl (C=O) groups is 1. The maximum absolute atomic E-state index is 12.1. The second kappa shape index (κ2) is 7.04. The summed E-state index contributed by atoms with van der Waals surface area (Å²) in [6.07, 6.45) is 0. The molecule has 0 atom stereocenters. The number of nitrogens with zero attached hydrogens (tertiary/aromatic N) is 2. The van der Waals surface area contributed by atoms with Gasteiger partial charge in [0.1, 0.15) is 5.82 Å². The molecule has 0 spiro atoms. The van der Waals surface area contributed by atoms with Crippen LogP contribution in [0.1, 0.15) is 37.0 Å². The molecule has 7 nitrogen and oxygen atoms in total. The van der Waals surface area contributed by atoms with Crippen LogP contribution in [0.3, 0.4) is 0 Å². The van der Waals surface area contributed by atoms with E-state index in [0.29, 0.717) is 33.2 Å². The van der Waals surface area contributed by atoms with Crippen molar-refractivity contribution in [1.82, 2.24) is 9.97 Å². The van der Waals surface area contributed by atoms with Gasteiger partial charge in [-0.15, -0.1) is 0 Å². The van der Waals surface area contributed by atoms with Gasteiger partial charge in [-0.25, -0.2) is 9.78 Å². The number of thioether (sulfide) groups is 1. The van der Waals surface area contributed by atoms with Crippen LogP contribution in [0.4, 0.5) is 0 Å². The molecule has 0 amide bonds. The van der Waals surface area contributed by atoms with Crippen LogP contribution in [-0.2, 0) is 10.5 Å². The zero-order valence-electron chi connectivity index (χ0n) is 14.0. The largest absolute Gasteiger partial charge is 0.465 e. The number of amidine groups is 1. The summed E-state index contributed by atoms with van der Waals surface area (Å²) in [7, 11) is 1.30. The van der Waals surface area contributed by atoms with Crippen LogP contribution in [0.25, 0.3) is 10.9 Å². The van der Waals surface area contributed by atoms with Crippen LogP contribution in [0.2, 0.25) is 0 Å². The number of nitrogens with one attached hydrogen (secondary N) is 1. The Balaban J connectivity index is 2.30. The third-order valence-corrected chi connectivity index (χ3v) is 3.78. The summed E-state index contributed by atoms with van der Waals surface area (Å²) in [5.74, 6) is 0.363. The average molecular weight is 348 g/mol. The first-order valence-corrected chi connectivity index (χ1v) is 8.27. The number of aromatic nitrogens is 2. The van der Waals surface area contributed by atoms with Crippen LogP contribution < -0.4 is 11.3 Å². The summed E-state index contributed by atoms with van der Waals surface area (Å²) >= 11 is 1.29. The lowest BCUT2D eigenvalue weighted by atomic mass is 10.1. The van der Waals surface area contributed by atoms with Gasteiger partial charge in [-0.1, -0.05) is 11.8 Å². The van der Waals surface area contributed by atoms with E-state index in [4.69, 9.17) is 5.73 Å². The third-order valence-electron chi connectivity index (χ3n) is 2.98. The van der Waals surface area contributed by atoms with Gasteiger partial charge in [0.2, 0.25) is 0 Å². The van der Waals surface area contributed by atoms with E-state index in [9.17, 15) is 9.59 Å². The minimum atomic E-state index is -0.475. The number of ether oxygens (including phenoxy) is 1. The molecule has 0 unspecified atom stereocenters. The number of rotatable bonds is 3. The molecule has 3 N–H and O–H groups in total. The fraction of sp³-hybridized carbons (Fsp3) is 0.375. The van der Waals surface area contributed by atoms with Gasteiger partial charge in [0.05, 0.1) is 34.9 Å². The minimum Gasteiger partial charge on any atom is -0.465 e. The van der Waals surface area contributed by atoms with Gasteiger partial charge in [0.15, 0.2) is 5.17 Å². The van der Waals surface area contributed by atoms with E-state index in [0.717, 1.165) is 0 Å². The molecule has 0 aliphatic rings. The minimum absolute atomic E-state index is 0.265. The highest BCUT2D eigenvalue weighted by Gasteiger charge is 2.11. The molecule has 2 rings (SSSR count). The Morgan fingerprint density at radius 1 is 1.42 bits per heavy atom. The average Bonchev–Trinajstić information content (AvgIpc) is 2.50. The maximum atomic E-state index is 12.1. The topological polar surface area (TPSA) is 110 Å². The predicted molar refractivity (Wildman–Crippen MR) is 96.4 cm³/mol. The molecule has 1 aromatic carbocycles. The number of aromatic amines is 1. The first kappa shape index (κ1) is 18.0. The zero-order chi connectivity index (χ0) is 17.9. The number of fused-ring (bicyclic) bond motifs is 1. The maximum Gasteiger partial charge on any atom is 0.337 e. The number of H-pyrrole nitrogens is 1. The van der Waals surface area contributed by atoms with Crippen molar-refractivity contribution < 1.29 is 9.53 Å². The quantitative estimate of drug-likeness (QED) is 0.499. The Hall–Kier alpha value is -2.35. The molecule has 0 radical (unpaired) electrons. The van der Waals surface area contributed by atoms with Gasteiger partial charge in [-0.2, -0.15) is 0 Å². The highest BCUT2D eigenvalue weighted by atomic mass is 32.2. The zero-order valence-corrected chi connectivity index (χ0v) is 14.9. The molecule has 0 bridgehead atoms. The number of benzene rings is 1. The monoisotopic (exact) mass is 348 g/mol. The molecule has 1 aromatic heterocycles. The van der Waals surface area contributed by atoms with Crippen LogP contribution in [0.15, 0.2) is 28.0 Å². The highest BCUT2D eigenvalue weighted by Crippen LogP contribution is 2.16. The Kier molecular flexibility index (Phi) is 5.28. The standard InChI is InChI=1S/C16H20N4O3S/c1-16(2,3)20-15(17)24-8-12-18-11-7-9(14(22)23-4)5-6-10(11)13(21)19-12/h5-7H,8H2,1-4H3,(H2,17,20)(H,18,19,21). The molecule has 8 heteroatoms. The Morgan fingerprint density at radius 2 is 2.12 bits per heavy atom. The predicted octanol–water partition coefficient (Wildman–Crippen LogP) is 2.06. The molecule has 2 aromatic rings. The van der Waals surface area contributed by atoms with Crippen molar-refractivity contribution in [3.63, 3.8) is 0 Å². The summed E-state index contributed by atoms with van der Waals surface area (Å²) in [5, 5.41) is 0.835. The van der Waals surface area contributed by atoms with E-state index in [-0.39, 0.29) is 11.1 Å². The number of aliphatic imine (C=N–C) groups is 1. The smallest absolute Gasteiger partial charge is 0.337 e. The molecule has 0 saturated carbocycles. The first-order chi connectivity index (χ1) is 11.2. The highest BCUT2D eigenvalue weighted by molar-refractivity contribution is 8.13. The second-order valence-electron chi connectivity index (χ2n) is 6.15. The number of nitrogens with two attached hydrogens (primary N) is 1. The molecule has 0 aliphatic carbocycles. The van der Waals surface area contributed by atoms with E-state index in [1.165, 1.54) is 31.0 Å². The van der Waals surface area contributed by atoms with Gasteiger partial charge in [-0.05, 0) is 39.0 Å². The number of hydrogen-bond acceptors (Lipinski definition) is 6. The number of hydrogen-bond donors (Lipinski definition) is 2. The lowest BCUT2D eigenvalue weighted by Gasteiger charge is -2.13. The summed E-state index contributed by atoms with van der Waals surface area (Å²) in [6, 6.07) is 4.63. The van der Waals surface area contributed by atoms with Gasteiger partial charge >= 0.3 is 5.97 Å². The van der Waals surface area contributed by atoms with Crippen LogP contribution in [0, 0.1) is 0 Å². The lowest BCUT2D eigenvalue weighted by Crippen LogP contribution is -2.18. The SMILES string of the molecule is COC(=O)c1ccc2c(=O)[nH]c(CSC(N)=NC(C)(C)C)nc2c1. The van der Waals surface area contributed by atoms with Crippen molar-refractivity contribution in [2.75, 3.05) is 7.11 Å². The normalized spacial score (nSPS) is 12.4.